The highest BCUT2D eigenvalue weighted by Crippen LogP contribution is 2.25. The molecule has 0 amide bonds. The maximum Gasteiger partial charge on any atom is 0.114 e. The predicted octanol–water partition coefficient (Wildman–Crippen LogP) is 1.71. The van der Waals surface area contributed by atoms with Crippen LogP contribution in [0.25, 0.3) is 0 Å². The molecule has 4 heterocycles. The van der Waals surface area contributed by atoms with E-state index in [-0.39, 0.29) is 6.10 Å². The van der Waals surface area contributed by atoms with Crippen LogP contribution in [-0.4, -0.2) is 47.2 Å². The minimum absolute atomic E-state index is 0.0431. The van der Waals surface area contributed by atoms with Crippen molar-refractivity contribution in [2.45, 2.75) is 38.0 Å². The summed E-state index contributed by atoms with van der Waals surface area (Å²) in [6.45, 7) is 3.99. The number of hydrogen-bond acceptors (Lipinski definition) is 5. The van der Waals surface area contributed by atoms with Crippen molar-refractivity contribution in [1.29, 1.82) is 0 Å². The smallest absolute Gasteiger partial charge is 0.114 e. The minimum atomic E-state index is 0.0431. The van der Waals surface area contributed by atoms with Gasteiger partial charge in [0, 0.05) is 38.2 Å². The van der Waals surface area contributed by atoms with Gasteiger partial charge in [-0.2, -0.15) is 5.10 Å². The molecule has 0 bridgehead atoms. The molecule has 128 valence electrons. The van der Waals surface area contributed by atoms with Crippen LogP contribution in [0.4, 0.5) is 0 Å². The Bertz CT molecular complexity index is 652. The second kappa shape index (κ2) is 7.42. The average molecular weight is 328 g/mol. The number of rotatable bonds is 5. The summed E-state index contributed by atoms with van der Waals surface area (Å²) in [5, 5.41) is 8.40. The van der Waals surface area contributed by atoms with Crippen molar-refractivity contribution in [3.8, 4) is 0 Å². The largest absolute Gasteiger partial charge is 0.381 e. The van der Waals surface area contributed by atoms with Gasteiger partial charge in [-0.05, 0) is 37.0 Å². The summed E-state index contributed by atoms with van der Waals surface area (Å²) in [6, 6.07) is 6.50. The number of aromatic nitrogens is 3. The number of fused-ring (bicyclic) bond motifs is 1. The molecule has 6 heteroatoms. The molecule has 0 radical (unpaired) electrons. The molecule has 2 aliphatic rings. The average Bonchev–Trinajstić information content (AvgIpc) is 3.04. The molecule has 0 spiro atoms. The monoisotopic (exact) mass is 328 g/mol. The zero-order chi connectivity index (χ0) is 16.2. The fraction of sp³-hybridized carbons (Fsp3) is 0.556. The van der Waals surface area contributed by atoms with Crippen LogP contribution < -0.4 is 5.32 Å². The molecule has 4 rings (SSSR count). The normalized spacial score (nSPS) is 21.6. The van der Waals surface area contributed by atoms with Crippen molar-refractivity contribution in [1.82, 2.24) is 20.1 Å². The molecule has 0 aliphatic carbocycles. The van der Waals surface area contributed by atoms with Gasteiger partial charge in [0.15, 0.2) is 0 Å². The van der Waals surface area contributed by atoms with Crippen LogP contribution in [0.15, 0.2) is 30.6 Å². The van der Waals surface area contributed by atoms with E-state index in [2.05, 4.69) is 16.5 Å². The first kappa shape index (κ1) is 15.7. The Kier molecular flexibility index (Phi) is 4.87. The zero-order valence-electron chi connectivity index (χ0n) is 13.9. The Morgan fingerprint density at radius 2 is 2.12 bits per heavy atom. The van der Waals surface area contributed by atoms with Crippen LogP contribution in [0.2, 0.25) is 0 Å². The van der Waals surface area contributed by atoms with Gasteiger partial charge in [0.1, 0.15) is 6.10 Å². The number of hydrogen-bond donors (Lipinski definition) is 1. The van der Waals surface area contributed by atoms with Crippen LogP contribution in [0, 0.1) is 0 Å². The number of pyridine rings is 1. The van der Waals surface area contributed by atoms with Crippen LogP contribution in [0.3, 0.4) is 0 Å². The van der Waals surface area contributed by atoms with Crippen molar-refractivity contribution in [2.75, 3.05) is 26.4 Å². The maximum absolute atomic E-state index is 5.97. The Hall–Kier alpha value is -1.76. The summed E-state index contributed by atoms with van der Waals surface area (Å²) in [4.78, 5) is 4.38. The van der Waals surface area contributed by atoms with Gasteiger partial charge in [-0.25, -0.2) is 0 Å². The van der Waals surface area contributed by atoms with Crippen LogP contribution in [-0.2, 0) is 22.4 Å². The predicted molar refractivity (Wildman–Crippen MR) is 89.8 cm³/mol. The van der Waals surface area contributed by atoms with E-state index in [1.165, 1.54) is 5.56 Å². The van der Waals surface area contributed by atoms with E-state index in [9.17, 15) is 0 Å². The molecule has 2 aromatic heterocycles. The highest BCUT2D eigenvalue weighted by atomic mass is 16.5. The van der Waals surface area contributed by atoms with Gasteiger partial charge in [-0.15, -0.1) is 0 Å². The maximum atomic E-state index is 5.97. The molecule has 0 aromatic carbocycles. The Morgan fingerprint density at radius 3 is 2.96 bits per heavy atom. The number of nitrogens with zero attached hydrogens (tertiary/aromatic N) is 3. The van der Waals surface area contributed by atoms with Crippen LogP contribution >= 0.6 is 0 Å². The van der Waals surface area contributed by atoms with E-state index >= 15 is 0 Å². The van der Waals surface area contributed by atoms with Crippen molar-refractivity contribution >= 4 is 0 Å². The van der Waals surface area contributed by atoms with Gasteiger partial charge in [0.2, 0.25) is 0 Å². The standard InChI is InChI=1S/C18H24N4O2/c1-2-7-19-16(3-1)13-22-12-14-4-10-24-17(18(14)21-22)11-20-15-5-8-23-9-6-15/h1-3,7,12,15,17,20H,4-6,8-11,13H2/t17-/m0/s1. The lowest BCUT2D eigenvalue weighted by Gasteiger charge is -2.27. The van der Waals surface area contributed by atoms with Gasteiger partial charge >= 0.3 is 0 Å². The molecule has 1 atom stereocenters. The lowest BCUT2D eigenvalue weighted by molar-refractivity contribution is 0.0297. The molecular formula is C18H24N4O2. The summed E-state index contributed by atoms with van der Waals surface area (Å²) >= 11 is 0. The Morgan fingerprint density at radius 1 is 1.21 bits per heavy atom. The van der Waals surface area contributed by atoms with Crippen molar-refractivity contribution in [2.24, 2.45) is 0 Å². The van der Waals surface area contributed by atoms with Gasteiger partial charge in [0.05, 0.1) is 24.5 Å². The molecule has 0 saturated carbocycles. The third-order valence-corrected chi connectivity index (χ3v) is 4.73. The van der Waals surface area contributed by atoms with Crippen LogP contribution in [0.5, 0.6) is 0 Å². The second-order valence-corrected chi connectivity index (χ2v) is 6.46. The fourth-order valence-corrected chi connectivity index (χ4v) is 3.40. The third kappa shape index (κ3) is 3.66. The molecule has 1 saturated heterocycles. The lowest BCUT2D eigenvalue weighted by atomic mass is 10.0. The zero-order valence-corrected chi connectivity index (χ0v) is 13.9. The summed E-state index contributed by atoms with van der Waals surface area (Å²) in [5.74, 6) is 0. The first-order valence-corrected chi connectivity index (χ1v) is 8.77. The quantitative estimate of drug-likeness (QED) is 0.905. The van der Waals surface area contributed by atoms with Crippen molar-refractivity contribution in [3.05, 3.63) is 47.5 Å². The molecular weight excluding hydrogens is 304 g/mol. The molecule has 0 unspecified atom stereocenters. The SMILES string of the molecule is c1ccc(Cn2cc3c(n2)[C@H](CNC2CCOCC2)OCC3)nc1. The molecule has 1 fully saturated rings. The molecule has 2 aliphatic heterocycles. The van der Waals surface area contributed by atoms with Crippen molar-refractivity contribution in [3.63, 3.8) is 0 Å². The first-order chi connectivity index (χ1) is 11.9. The van der Waals surface area contributed by atoms with E-state index in [1.54, 1.807) is 0 Å². The topological polar surface area (TPSA) is 61.2 Å². The van der Waals surface area contributed by atoms with Gasteiger partial charge in [-0.3, -0.25) is 9.67 Å². The van der Waals surface area contributed by atoms with Gasteiger partial charge in [-0.1, -0.05) is 6.07 Å². The molecule has 6 nitrogen and oxygen atoms in total. The number of ether oxygens (including phenoxy) is 2. The molecule has 24 heavy (non-hydrogen) atoms. The van der Waals surface area contributed by atoms with E-state index in [4.69, 9.17) is 14.6 Å². The van der Waals surface area contributed by atoms with E-state index in [0.29, 0.717) is 12.6 Å². The Labute approximate surface area is 142 Å². The lowest BCUT2D eigenvalue weighted by Crippen LogP contribution is -2.38. The van der Waals surface area contributed by atoms with E-state index in [1.807, 2.05) is 29.1 Å². The van der Waals surface area contributed by atoms with Crippen molar-refractivity contribution < 1.29 is 9.47 Å². The summed E-state index contributed by atoms with van der Waals surface area (Å²) < 4.78 is 13.4. The number of nitrogens with one attached hydrogen (secondary N) is 1. The summed E-state index contributed by atoms with van der Waals surface area (Å²) in [6.07, 6.45) is 7.10. The Balaban J connectivity index is 1.42. The van der Waals surface area contributed by atoms with Gasteiger partial charge < -0.3 is 14.8 Å². The first-order valence-electron chi connectivity index (χ1n) is 8.77. The molecule has 1 N–H and O–H groups in total. The summed E-state index contributed by atoms with van der Waals surface area (Å²) in [5.41, 5.74) is 3.41. The van der Waals surface area contributed by atoms with E-state index < -0.39 is 0 Å². The highest BCUT2D eigenvalue weighted by molar-refractivity contribution is 5.23. The summed E-state index contributed by atoms with van der Waals surface area (Å²) in [7, 11) is 0. The fourth-order valence-electron chi connectivity index (χ4n) is 3.40. The highest BCUT2D eigenvalue weighted by Gasteiger charge is 2.26. The van der Waals surface area contributed by atoms with Gasteiger partial charge in [0.25, 0.3) is 0 Å². The second-order valence-electron chi connectivity index (χ2n) is 6.46. The molecule has 2 aromatic rings. The third-order valence-electron chi connectivity index (χ3n) is 4.73. The van der Waals surface area contributed by atoms with E-state index in [0.717, 1.165) is 57.0 Å². The minimum Gasteiger partial charge on any atom is -0.381 e. The van der Waals surface area contributed by atoms with Crippen LogP contribution in [0.1, 0.15) is 35.9 Å².